The molecule has 2 aromatic carbocycles. The van der Waals surface area contributed by atoms with Gasteiger partial charge in [0.1, 0.15) is 0 Å². The van der Waals surface area contributed by atoms with E-state index in [0.717, 1.165) is 12.0 Å². The standard InChI is InChI=1S/C17H18O2/c1-13-6-5-7-14(12-13)10-11-16(17(18)19)15-8-3-2-4-9-15/h2-9,12,16H,10-11H2,1H3,(H,18,19). The van der Waals surface area contributed by atoms with Gasteiger partial charge in [-0.1, -0.05) is 60.2 Å². The maximum atomic E-state index is 11.4. The lowest BCUT2D eigenvalue weighted by molar-refractivity contribution is -0.138. The molecule has 0 aliphatic carbocycles. The number of aliphatic carboxylic acids is 1. The van der Waals surface area contributed by atoms with Crippen LogP contribution in [0.5, 0.6) is 0 Å². The van der Waals surface area contributed by atoms with Gasteiger partial charge in [0.05, 0.1) is 5.92 Å². The van der Waals surface area contributed by atoms with Gasteiger partial charge in [-0.2, -0.15) is 0 Å². The van der Waals surface area contributed by atoms with Crippen LogP contribution in [0, 0.1) is 6.92 Å². The Bertz CT molecular complexity index is 546. The summed E-state index contributed by atoms with van der Waals surface area (Å²) in [6.45, 7) is 2.05. The van der Waals surface area contributed by atoms with Crippen molar-refractivity contribution in [2.24, 2.45) is 0 Å². The second-order valence-corrected chi connectivity index (χ2v) is 4.83. The van der Waals surface area contributed by atoms with E-state index in [1.54, 1.807) is 0 Å². The molecule has 0 aliphatic heterocycles. The minimum atomic E-state index is -0.751. The molecule has 2 rings (SSSR count). The van der Waals surface area contributed by atoms with Crippen LogP contribution >= 0.6 is 0 Å². The SMILES string of the molecule is Cc1cccc(CCC(C(=O)O)c2ccccc2)c1. The van der Waals surface area contributed by atoms with Crippen LogP contribution < -0.4 is 0 Å². The molecular weight excluding hydrogens is 236 g/mol. The Hall–Kier alpha value is -2.09. The zero-order chi connectivity index (χ0) is 13.7. The van der Waals surface area contributed by atoms with E-state index in [1.165, 1.54) is 11.1 Å². The fraction of sp³-hybridized carbons (Fsp3) is 0.235. The second kappa shape index (κ2) is 6.19. The predicted molar refractivity (Wildman–Crippen MR) is 76.3 cm³/mol. The largest absolute Gasteiger partial charge is 0.481 e. The molecule has 2 nitrogen and oxygen atoms in total. The van der Waals surface area contributed by atoms with Crippen molar-refractivity contribution < 1.29 is 9.90 Å². The molecular formula is C17H18O2. The molecule has 0 saturated heterocycles. The molecule has 0 aliphatic rings. The molecule has 2 heteroatoms. The van der Waals surface area contributed by atoms with Gasteiger partial charge in [0.15, 0.2) is 0 Å². The molecule has 0 fully saturated rings. The van der Waals surface area contributed by atoms with E-state index in [4.69, 9.17) is 0 Å². The van der Waals surface area contributed by atoms with Gasteiger partial charge in [0.25, 0.3) is 0 Å². The first-order valence-electron chi connectivity index (χ1n) is 6.50. The number of carbonyl (C=O) groups is 1. The molecule has 0 spiro atoms. The summed E-state index contributed by atoms with van der Waals surface area (Å²) in [5.74, 6) is -1.18. The minimum Gasteiger partial charge on any atom is -0.481 e. The van der Waals surface area contributed by atoms with Gasteiger partial charge in [-0.05, 0) is 30.9 Å². The Balaban J connectivity index is 2.08. The summed E-state index contributed by atoms with van der Waals surface area (Å²) in [6.07, 6.45) is 1.41. The van der Waals surface area contributed by atoms with Gasteiger partial charge in [0.2, 0.25) is 0 Å². The minimum absolute atomic E-state index is 0.429. The molecule has 0 amide bonds. The molecule has 0 aromatic heterocycles. The highest BCUT2D eigenvalue weighted by atomic mass is 16.4. The van der Waals surface area contributed by atoms with Crippen molar-refractivity contribution in [1.82, 2.24) is 0 Å². The quantitative estimate of drug-likeness (QED) is 0.881. The molecule has 0 heterocycles. The molecule has 98 valence electrons. The molecule has 2 aromatic rings. The Morgan fingerprint density at radius 2 is 1.84 bits per heavy atom. The summed E-state index contributed by atoms with van der Waals surface area (Å²) in [4.78, 5) is 11.4. The first kappa shape index (κ1) is 13.3. The van der Waals surface area contributed by atoms with Crippen molar-refractivity contribution in [3.05, 3.63) is 71.3 Å². The number of hydrogen-bond acceptors (Lipinski definition) is 1. The van der Waals surface area contributed by atoms with Gasteiger partial charge in [-0.3, -0.25) is 4.79 Å². The molecule has 1 atom stereocenters. The summed E-state index contributed by atoms with van der Waals surface area (Å²) >= 11 is 0. The zero-order valence-electron chi connectivity index (χ0n) is 11.0. The first-order chi connectivity index (χ1) is 9.16. The lowest BCUT2D eigenvalue weighted by atomic mass is 9.92. The van der Waals surface area contributed by atoms with E-state index in [1.807, 2.05) is 36.4 Å². The molecule has 1 unspecified atom stereocenters. The Morgan fingerprint density at radius 1 is 1.11 bits per heavy atom. The summed E-state index contributed by atoms with van der Waals surface area (Å²) in [7, 11) is 0. The number of carboxylic acids is 1. The molecule has 19 heavy (non-hydrogen) atoms. The number of benzene rings is 2. The normalized spacial score (nSPS) is 12.1. The van der Waals surface area contributed by atoms with Crippen LogP contribution in [0.3, 0.4) is 0 Å². The highest BCUT2D eigenvalue weighted by molar-refractivity contribution is 5.76. The molecule has 0 saturated carbocycles. The fourth-order valence-corrected chi connectivity index (χ4v) is 2.30. The monoisotopic (exact) mass is 254 g/mol. The van der Waals surface area contributed by atoms with Crippen LogP contribution in [0.4, 0.5) is 0 Å². The van der Waals surface area contributed by atoms with Crippen molar-refractivity contribution in [2.75, 3.05) is 0 Å². The number of rotatable bonds is 5. The second-order valence-electron chi connectivity index (χ2n) is 4.83. The van der Waals surface area contributed by atoms with E-state index in [2.05, 4.69) is 25.1 Å². The highest BCUT2D eigenvalue weighted by Gasteiger charge is 2.19. The summed E-state index contributed by atoms with van der Waals surface area (Å²) < 4.78 is 0. The lowest BCUT2D eigenvalue weighted by Crippen LogP contribution is -2.12. The third-order valence-corrected chi connectivity index (χ3v) is 3.30. The van der Waals surface area contributed by atoms with Crippen LogP contribution in [-0.2, 0) is 11.2 Å². The maximum absolute atomic E-state index is 11.4. The lowest BCUT2D eigenvalue weighted by Gasteiger charge is -2.12. The highest BCUT2D eigenvalue weighted by Crippen LogP contribution is 2.22. The van der Waals surface area contributed by atoms with Crippen LogP contribution in [0.1, 0.15) is 29.0 Å². The Labute approximate surface area is 113 Å². The van der Waals surface area contributed by atoms with E-state index in [-0.39, 0.29) is 0 Å². The van der Waals surface area contributed by atoms with Crippen molar-refractivity contribution in [3.8, 4) is 0 Å². The van der Waals surface area contributed by atoms with Gasteiger partial charge < -0.3 is 5.11 Å². The van der Waals surface area contributed by atoms with Crippen LogP contribution in [-0.4, -0.2) is 11.1 Å². The number of hydrogen-bond donors (Lipinski definition) is 1. The zero-order valence-corrected chi connectivity index (χ0v) is 11.0. The predicted octanol–water partition coefficient (Wildman–Crippen LogP) is 3.80. The Morgan fingerprint density at radius 3 is 2.47 bits per heavy atom. The number of aryl methyl sites for hydroxylation is 2. The Kier molecular flexibility index (Phi) is 4.35. The third-order valence-electron chi connectivity index (χ3n) is 3.30. The van der Waals surface area contributed by atoms with Crippen molar-refractivity contribution in [2.45, 2.75) is 25.7 Å². The third kappa shape index (κ3) is 3.68. The van der Waals surface area contributed by atoms with Crippen molar-refractivity contribution in [1.29, 1.82) is 0 Å². The van der Waals surface area contributed by atoms with E-state index < -0.39 is 11.9 Å². The van der Waals surface area contributed by atoms with Crippen LogP contribution in [0.2, 0.25) is 0 Å². The topological polar surface area (TPSA) is 37.3 Å². The number of carboxylic acid groups (broad SMARTS) is 1. The van der Waals surface area contributed by atoms with Crippen molar-refractivity contribution in [3.63, 3.8) is 0 Å². The maximum Gasteiger partial charge on any atom is 0.310 e. The average Bonchev–Trinajstić information content (AvgIpc) is 2.40. The van der Waals surface area contributed by atoms with Gasteiger partial charge >= 0.3 is 5.97 Å². The smallest absolute Gasteiger partial charge is 0.310 e. The van der Waals surface area contributed by atoms with E-state index in [9.17, 15) is 9.90 Å². The first-order valence-corrected chi connectivity index (χ1v) is 6.50. The molecule has 0 radical (unpaired) electrons. The van der Waals surface area contributed by atoms with Gasteiger partial charge in [-0.25, -0.2) is 0 Å². The molecule has 0 bridgehead atoms. The van der Waals surface area contributed by atoms with Gasteiger partial charge in [-0.15, -0.1) is 0 Å². The summed E-state index contributed by atoms with van der Waals surface area (Å²) in [5.41, 5.74) is 3.29. The van der Waals surface area contributed by atoms with Gasteiger partial charge in [0, 0.05) is 0 Å². The van der Waals surface area contributed by atoms with Crippen molar-refractivity contribution >= 4 is 5.97 Å². The average molecular weight is 254 g/mol. The molecule has 1 N–H and O–H groups in total. The fourth-order valence-electron chi connectivity index (χ4n) is 2.30. The van der Waals surface area contributed by atoms with Crippen LogP contribution in [0.25, 0.3) is 0 Å². The van der Waals surface area contributed by atoms with E-state index >= 15 is 0 Å². The van der Waals surface area contributed by atoms with E-state index in [0.29, 0.717) is 6.42 Å². The summed E-state index contributed by atoms with van der Waals surface area (Å²) in [6, 6.07) is 17.7. The van der Waals surface area contributed by atoms with Crippen LogP contribution in [0.15, 0.2) is 54.6 Å². The summed E-state index contributed by atoms with van der Waals surface area (Å²) in [5, 5.41) is 9.36.